The monoisotopic (exact) mass is 705 g/mol. The summed E-state index contributed by atoms with van der Waals surface area (Å²) in [4.78, 5) is 29.6. The highest BCUT2D eigenvalue weighted by Gasteiger charge is 2.34. The van der Waals surface area contributed by atoms with E-state index in [1.165, 1.54) is 4.90 Å². The topological polar surface area (TPSA) is 96.0 Å². The zero-order valence-corrected chi connectivity index (χ0v) is 28.9. The van der Waals surface area contributed by atoms with Crippen molar-refractivity contribution in [1.82, 2.24) is 10.2 Å². The van der Waals surface area contributed by atoms with Crippen molar-refractivity contribution in [3.63, 3.8) is 0 Å². The third-order valence-electron chi connectivity index (χ3n) is 7.09. The normalized spacial score (nSPS) is 12.2. The third-order valence-corrected chi connectivity index (χ3v) is 8.76. The van der Waals surface area contributed by atoms with Gasteiger partial charge in [0.1, 0.15) is 24.9 Å². The molecule has 1 atom stereocenters. The van der Waals surface area contributed by atoms with Crippen molar-refractivity contribution in [2.24, 2.45) is 0 Å². The summed E-state index contributed by atoms with van der Waals surface area (Å²) in [6, 6.07) is 32.3. The molecule has 2 amide bonds. The van der Waals surface area contributed by atoms with Gasteiger partial charge in [-0.2, -0.15) is 0 Å². The minimum absolute atomic E-state index is 0.102. The van der Waals surface area contributed by atoms with Gasteiger partial charge in [0.05, 0.1) is 11.9 Å². The average Bonchev–Trinajstić information content (AvgIpc) is 3.01. The van der Waals surface area contributed by atoms with E-state index in [1.807, 2.05) is 106 Å². The van der Waals surface area contributed by atoms with Crippen molar-refractivity contribution in [3.8, 4) is 5.75 Å². The Bertz CT molecular complexity index is 1690. The molecule has 46 heavy (non-hydrogen) atoms. The van der Waals surface area contributed by atoms with Gasteiger partial charge >= 0.3 is 0 Å². The predicted octanol–water partition coefficient (Wildman–Crippen LogP) is 6.35. The van der Waals surface area contributed by atoms with Crippen LogP contribution < -0.4 is 14.4 Å². The number of hydrogen-bond donors (Lipinski definition) is 1. The molecule has 0 spiro atoms. The van der Waals surface area contributed by atoms with Crippen LogP contribution in [0.4, 0.5) is 5.69 Å². The van der Waals surface area contributed by atoms with E-state index >= 15 is 0 Å². The first kappa shape index (κ1) is 34.7. The molecule has 0 aliphatic carbocycles. The van der Waals surface area contributed by atoms with Crippen molar-refractivity contribution in [2.75, 3.05) is 17.1 Å². The van der Waals surface area contributed by atoms with Crippen LogP contribution in [0, 0.1) is 0 Å². The Labute approximate surface area is 280 Å². The Morgan fingerprint density at radius 2 is 1.37 bits per heavy atom. The minimum atomic E-state index is -3.89. The van der Waals surface area contributed by atoms with E-state index < -0.39 is 34.1 Å². The van der Waals surface area contributed by atoms with Crippen molar-refractivity contribution in [1.29, 1.82) is 0 Å². The second kappa shape index (κ2) is 15.4. The third kappa shape index (κ3) is 10.5. The van der Waals surface area contributed by atoms with Gasteiger partial charge in [-0.05, 0) is 73.9 Å². The van der Waals surface area contributed by atoms with Gasteiger partial charge in [-0.15, -0.1) is 0 Å². The highest BCUT2D eigenvalue weighted by molar-refractivity contribution is 9.10. The maximum Gasteiger partial charge on any atom is 0.244 e. The largest absolute Gasteiger partial charge is 0.489 e. The first-order valence-corrected chi connectivity index (χ1v) is 17.6. The summed E-state index contributed by atoms with van der Waals surface area (Å²) in [5.41, 5.74) is 2.42. The SMILES string of the molecule is CC(C)(C)NC(=O)C(Cc1ccccc1)N(Cc1ccc(Br)cc1)C(=O)CN(c1ccc(OCc2ccccc2)cc1)S(C)(=O)=O. The molecule has 242 valence electrons. The molecule has 0 fully saturated rings. The maximum absolute atomic E-state index is 14.3. The molecule has 4 aromatic rings. The molecule has 0 bridgehead atoms. The van der Waals surface area contributed by atoms with Gasteiger partial charge in [0, 0.05) is 23.0 Å². The van der Waals surface area contributed by atoms with Crippen molar-refractivity contribution in [2.45, 2.75) is 51.9 Å². The Balaban J connectivity index is 1.65. The van der Waals surface area contributed by atoms with Gasteiger partial charge in [0.2, 0.25) is 21.8 Å². The van der Waals surface area contributed by atoms with Crippen LogP contribution in [0.15, 0.2) is 114 Å². The summed E-state index contributed by atoms with van der Waals surface area (Å²) in [5.74, 6) is -0.276. The fourth-order valence-corrected chi connectivity index (χ4v) is 5.97. The van der Waals surface area contributed by atoms with Crippen LogP contribution in [0.5, 0.6) is 5.75 Å². The lowest BCUT2D eigenvalue weighted by molar-refractivity contribution is -0.140. The predicted molar refractivity (Wildman–Crippen MR) is 186 cm³/mol. The molecular formula is C36H40BrN3O5S. The van der Waals surface area contributed by atoms with Gasteiger partial charge < -0.3 is 15.0 Å². The quantitative estimate of drug-likeness (QED) is 0.175. The van der Waals surface area contributed by atoms with Gasteiger partial charge in [-0.1, -0.05) is 88.7 Å². The highest BCUT2D eigenvalue weighted by Crippen LogP contribution is 2.24. The molecule has 1 N–H and O–H groups in total. The maximum atomic E-state index is 14.3. The minimum Gasteiger partial charge on any atom is -0.489 e. The van der Waals surface area contributed by atoms with Crippen LogP contribution in [-0.4, -0.2) is 49.5 Å². The molecule has 1 unspecified atom stereocenters. The number of sulfonamides is 1. The van der Waals surface area contributed by atoms with E-state index in [4.69, 9.17) is 4.74 Å². The number of nitrogens with one attached hydrogen (secondary N) is 1. The average molecular weight is 707 g/mol. The van der Waals surface area contributed by atoms with Crippen LogP contribution in [0.25, 0.3) is 0 Å². The van der Waals surface area contributed by atoms with Gasteiger partial charge in [-0.3, -0.25) is 13.9 Å². The molecule has 4 aromatic carbocycles. The Kier molecular flexibility index (Phi) is 11.6. The smallest absolute Gasteiger partial charge is 0.244 e. The second-order valence-electron chi connectivity index (χ2n) is 12.1. The molecule has 0 aromatic heterocycles. The summed E-state index contributed by atoms with van der Waals surface area (Å²) in [6.45, 7) is 5.61. The zero-order valence-electron chi connectivity index (χ0n) is 26.5. The Morgan fingerprint density at radius 3 is 1.91 bits per heavy atom. The number of amides is 2. The summed E-state index contributed by atoms with van der Waals surface area (Å²) in [6.07, 6.45) is 1.31. The van der Waals surface area contributed by atoms with Crippen molar-refractivity contribution >= 4 is 43.5 Å². The molecule has 4 rings (SSSR count). The number of nitrogens with zero attached hydrogens (tertiary/aromatic N) is 2. The van der Waals surface area contributed by atoms with Gasteiger partial charge in [0.25, 0.3) is 0 Å². The second-order valence-corrected chi connectivity index (χ2v) is 15.0. The fourth-order valence-electron chi connectivity index (χ4n) is 4.86. The molecular weight excluding hydrogens is 666 g/mol. The van der Waals surface area contributed by atoms with Crippen LogP contribution >= 0.6 is 15.9 Å². The van der Waals surface area contributed by atoms with Crippen LogP contribution in [0.1, 0.15) is 37.5 Å². The number of rotatable bonds is 13. The zero-order chi connectivity index (χ0) is 33.3. The lowest BCUT2D eigenvalue weighted by atomic mass is 10.0. The van der Waals surface area contributed by atoms with Crippen molar-refractivity contribution in [3.05, 3.63) is 130 Å². The van der Waals surface area contributed by atoms with Crippen LogP contribution in [-0.2, 0) is 39.2 Å². The van der Waals surface area contributed by atoms with E-state index in [0.717, 1.165) is 31.7 Å². The molecule has 0 saturated carbocycles. The number of benzene rings is 4. The number of carbonyl (C=O) groups excluding carboxylic acids is 2. The van der Waals surface area contributed by atoms with E-state index in [2.05, 4.69) is 21.2 Å². The molecule has 0 aliphatic rings. The fraction of sp³-hybridized carbons (Fsp3) is 0.278. The molecule has 8 nitrogen and oxygen atoms in total. The van der Waals surface area contributed by atoms with Gasteiger partial charge in [0.15, 0.2) is 0 Å². The summed E-state index contributed by atoms with van der Waals surface area (Å²) >= 11 is 3.45. The number of ether oxygens (including phenoxy) is 1. The van der Waals surface area contributed by atoms with E-state index in [9.17, 15) is 18.0 Å². The molecule has 0 saturated heterocycles. The van der Waals surface area contributed by atoms with Gasteiger partial charge in [-0.25, -0.2) is 8.42 Å². The lowest BCUT2D eigenvalue weighted by Crippen LogP contribution is -2.56. The molecule has 10 heteroatoms. The van der Waals surface area contributed by atoms with E-state index in [0.29, 0.717) is 18.0 Å². The highest BCUT2D eigenvalue weighted by atomic mass is 79.9. The van der Waals surface area contributed by atoms with Crippen LogP contribution in [0.3, 0.4) is 0 Å². The summed E-state index contributed by atoms with van der Waals surface area (Å²) < 4.78 is 34.0. The summed E-state index contributed by atoms with van der Waals surface area (Å²) in [7, 11) is -3.89. The number of carbonyl (C=O) groups is 2. The number of anilines is 1. The molecule has 0 aliphatic heterocycles. The van der Waals surface area contributed by atoms with Crippen LogP contribution in [0.2, 0.25) is 0 Å². The first-order valence-electron chi connectivity index (χ1n) is 14.9. The van der Waals surface area contributed by atoms with E-state index in [1.54, 1.807) is 24.3 Å². The molecule has 0 radical (unpaired) electrons. The first-order chi connectivity index (χ1) is 21.8. The molecule has 0 heterocycles. The number of halogens is 1. The number of hydrogen-bond acceptors (Lipinski definition) is 5. The Hall–Kier alpha value is -4.15. The van der Waals surface area contributed by atoms with E-state index in [-0.39, 0.29) is 18.9 Å². The Morgan fingerprint density at radius 1 is 0.804 bits per heavy atom. The summed E-state index contributed by atoms with van der Waals surface area (Å²) in [5, 5.41) is 3.03. The standard InChI is InChI=1S/C36H40BrN3O5S/c1-36(2,3)38-35(42)33(23-27-11-7-5-8-12-27)39(24-28-15-17-30(37)18-16-28)34(41)25-40(46(4,43)44)31-19-21-32(22-20-31)45-26-29-13-9-6-10-14-29/h5-22,33H,23-26H2,1-4H3,(H,38,42). The lowest BCUT2D eigenvalue weighted by Gasteiger charge is -2.35. The van der Waals surface area contributed by atoms with Crippen molar-refractivity contribution < 1.29 is 22.7 Å².